The van der Waals surface area contributed by atoms with E-state index >= 15 is 0 Å². The molecular weight excluding hydrogens is 599 g/mol. The summed E-state index contributed by atoms with van der Waals surface area (Å²) in [7, 11) is 19.2. The number of hydrogen-bond donors (Lipinski definition) is 0. The van der Waals surface area contributed by atoms with E-state index in [9.17, 15) is 17.0 Å². The summed E-state index contributed by atoms with van der Waals surface area (Å²) in [4.78, 5) is 0. The van der Waals surface area contributed by atoms with Crippen molar-refractivity contribution in [3.05, 3.63) is 119 Å². The molecule has 0 saturated heterocycles. The number of unbranched alkanes of at least 4 members (excludes halogenated alkanes) is 2. The van der Waals surface area contributed by atoms with Crippen LogP contribution >= 0.6 is 17.0 Å². The minimum absolute atomic E-state index is 0.0384. The zero-order valence-electron chi connectivity index (χ0n) is 22.9. The van der Waals surface area contributed by atoms with Crippen molar-refractivity contribution >= 4 is 24.4 Å². The van der Waals surface area contributed by atoms with Crippen molar-refractivity contribution in [2.24, 2.45) is 0 Å². The summed E-state index contributed by atoms with van der Waals surface area (Å²) >= 11 is -5.97. The molecule has 2 aliphatic carbocycles. The van der Waals surface area contributed by atoms with Crippen molar-refractivity contribution in [1.82, 2.24) is 0 Å². The molecule has 0 radical (unpaired) electrons. The first-order valence-corrected chi connectivity index (χ1v) is 35.6. The van der Waals surface area contributed by atoms with Crippen LogP contribution in [0, 0.1) is 0 Å². The molecule has 0 fully saturated rings. The van der Waals surface area contributed by atoms with Crippen molar-refractivity contribution in [3.8, 4) is 22.3 Å². The van der Waals surface area contributed by atoms with E-state index < -0.39 is 12.6 Å². The first kappa shape index (κ1) is 26.8. The number of halogens is 2. The van der Waals surface area contributed by atoms with Gasteiger partial charge in [-0.2, -0.15) is 0 Å². The zero-order chi connectivity index (χ0) is 26.7. The Kier molecular flexibility index (Phi) is 5.84. The Hall–Kier alpha value is -1.44. The molecule has 38 heavy (non-hydrogen) atoms. The number of rotatable bonds is 8. The van der Waals surface area contributed by atoms with Crippen molar-refractivity contribution in [1.29, 1.82) is 0 Å². The van der Waals surface area contributed by atoms with Gasteiger partial charge in [0.05, 0.1) is 0 Å². The summed E-state index contributed by atoms with van der Waals surface area (Å²) in [6.07, 6.45) is 4.30. The van der Waals surface area contributed by atoms with Crippen LogP contribution in [-0.2, 0) is 12.6 Å². The first-order valence-electron chi connectivity index (χ1n) is 14.5. The normalized spacial score (nSPS) is 17.5. The molecule has 4 heteroatoms. The van der Waals surface area contributed by atoms with Gasteiger partial charge in [0.15, 0.2) is 0 Å². The summed E-state index contributed by atoms with van der Waals surface area (Å²) in [6.45, 7) is 4.60. The predicted octanol–water partition coefficient (Wildman–Crippen LogP) is 10.3. The molecule has 0 spiro atoms. The van der Waals surface area contributed by atoms with Crippen LogP contribution < -0.4 is 0 Å². The molecule has 4 aromatic rings. The zero-order valence-corrected chi connectivity index (χ0v) is 28.9. The Morgan fingerprint density at radius 2 is 0.789 bits per heavy atom. The monoisotopic (exact) mass is 635 g/mol. The van der Waals surface area contributed by atoms with E-state index in [1.807, 2.05) is 0 Å². The molecule has 0 aromatic heterocycles. The van der Waals surface area contributed by atoms with Gasteiger partial charge in [-0.1, -0.05) is 0 Å². The molecule has 0 heterocycles. The third kappa shape index (κ3) is 3.43. The van der Waals surface area contributed by atoms with Gasteiger partial charge in [0.1, 0.15) is 0 Å². The van der Waals surface area contributed by atoms with E-state index in [0.29, 0.717) is 0 Å². The van der Waals surface area contributed by atoms with Crippen LogP contribution in [0.1, 0.15) is 69.0 Å². The maximum absolute atomic E-state index is 9.21. The quantitative estimate of drug-likeness (QED) is 0.169. The molecule has 0 nitrogen and oxygen atoms in total. The summed E-state index contributed by atoms with van der Waals surface area (Å²) in [5.41, 5.74) is 10.8. The second kappa shape index (κ2) is 8.29. The van der Waals surface area contributed by atoms with Gasteiger partial charge in [0.2, 0.25) is 0 Å². The molecule has 6 rings (SSSR count). The molecule has 0 amide bonds. The molecule has 0 aliphatic heterocycles. The molecule has 0 saturated carbocycles. The predicted molar refractivity (Wildman–Crippen MR) is 169 cm³/mol. The SMILES string of the molecule is CCC[CH2][Zr]([SiH3])([Cl])([Cl])([CH2]CCC)([CH]1c2ccccc2-c2ccccc21)[CH]1c2ccccc2-c2ccccc21. The Morgan fingerprint density at radius 3 is 1.05 bits per heavy atom. The topological polar surface area (TPSA) is 0 Å². The minimum atomic E-state index is -5.97. The molecular formula is C34H39Cl2SiZr. The average molecular weight is 638 g/mol. The number of fused-ring (bicyclic) bond motifs is 6. The van der Waals surface area contributed by atoms with E-state index in [2.05, 4.69) is 111 Å². The van der Waals surface area contributed by atoms with Gasteiger partial charge in [-0.25, -0.2) is 0 Å². The molecule has 0 unspecified atom stereocenters. The van der Waals surface area contributed by atoms with Gasteiger partial charge in [0.25, 0.3) is 0 Å². The first-order chi connectivity index (χ1) is 18.1. The van der Waals surface area contributed by atoms with Gasteiger partial charge in [-0.05, 0) is 0 Å². The van der Waals surface area contributed by atoms with E-state index in [1.54, 1.807) is 0 Å². The number of hydrogen-bond acceptors (Lipinski definition) is 0. The third-order valence-corrected chi connectivity index (χ3v) is 57.4. The van der Waals surface area contributed by atoms with Gasteiger partial charge >= 0.3 is 234 Å². The summed E-state index contributed by atoms with van der Waals surface area (Å²) in [5, 5.41) is 0. The second-order valence-corrected chi connectivity index (χ2v) is 86.0. The van der Waals surface area contributed by atoms with Crippen LogP contribution in [0.2, 0.25) is 8.26 Å². The van der Waals surface area contributed by atoms with Gasteiger partial charge in [-0.3, -0.25) is 0 Å². The van der Waals surface area contributed by atoms with Crippen LogP contribution in [-0.4, -0.2) is 7.37 Å². The van der Waals surface area contributed by atoms with Crippen molar-refractivity contribution in [2.75, 3.05) is 0 Å². The van der Waals surface area contributed by atoms with Gasteiger partial charge < -0.3 is 0 Å². The Balaban J connectivity index is 1.83. The van der Waals surface area contributed by atoms with E-state index in [4.69, 9.17) is 0 Å². The van der Waals surface area contributed by atoms with Crippen molar-refractivity contribution < 1.29 is 12.6 Å². The molecule has 0 bridgehead atoms. The number of benzene rings is 4. The van der Waals surface area contributed by atoms with Crippen molar-refractivity contribution in [3.63, 3.8) is 0 Å². The summed E-state index contributed by atoms with van der Waals surface area (Å²) in [6, 6.07) is 36.1. The van der Waals surface area contributed by atoms with Crippen molar-refractivity contribution in [2.45, 2.75) is 55.0 Å². The fraction of sp³-hybridized carbons (Fsp3) is 0.294. The Labute approximate surface area is 231 Å². The molecule has 0 atom stereocenters. The second-order valence-electron chi connectivity index (χ2n) is 13.4. The van der Waals surface area contributed by atoms with Crippen LogP contribution in [0.15, 0.2) is 97.1 Å². The molecule has 2 aliphatic rings. The van der Waals surface area contributed by atoms with Gasteiger partial charge in [-0.15, -0.1) is 0 Å². The Bertz CT molecular complexity index is 1380. The molecule has 197 valence electrons. The maximum atomic E-state index is 9.21. The van der Waals surface area contributed by atoms with Crippen LogP contribution in [0.3, 0.4) is 0 Å². The van der Waals surface area contributed by atoms with E-state index in [-0.39, 0.29) is 7.25 Å². The van der Waals surface area contributed by atoms with Crippen LogP contribution in [0.5, 0.6) is 0 Å². The Morgan fingerprint density at radius 1 is 0.526 bits per heavy atom. The molecule has 0 N–H and O–H groups in total. The molecule has 4 aromatic carbocycles. The summed E-state index contributed by atoms with van der Waals surface area (Å²) in [5.74, 6) is 0. The standard InChI is InChI=1S/2C13H9.2C4H9.2ClH.H3Si.Zr/c2*1-3-7-12-10(5-1)9-11-6-2-4-8-13(11)12;2*1-3-4-2;;;;/h2*1-9H;2*1,3-4H2,2H3;2*1H;1H3;/q;;;;;;;+2/p-2. The van der Waals surface area contributed by atoms with E-state index in [1.165, 1.54) is 44.5 Å². The van der Waals surface area contributed by atoms with Crippen LogP contribution in [0.25, 0.3) is 22.3 Å². The summed E-state index contributed by atoms with van der Waals surface area (Å²) < 4.78 is 1.94. The third-order valence-electron chi connectivity index (χ3n) is 10.7. The fourth-order valence-corrected chi connectivity index (χ4v) is 55.6. The fourth-order valence-electron chi connectivity index (χ4n) is 9.14. The van der Waals surface area contributed by atoms with E-state index in [0.717, 1.165) is 41.3 Å². The van der Waals surface area contributed by atoms with Crippen LogP contribution in [0.4, 0.5) is 0 Å². The average Bonchev–Trinajstić information content (AvgIpc) is 3.47. The van der Waals surface area contributed by atoms with Gasteiger partial charge in [0, 0.05) is 0 Å².